The molecule has 2 aromatic carbocycles. The fourth-order valence-corrected chi connectivity index (χ4v) is 3.81. The molecule has 0 aliphatic rings. The first kappa shape index (κ1) is 26.3. The van der Waals surface area contributed by atoms with E-state index in [0.717, 1.165) is 5.56 Å². The number of guanidine groups is 1. The van der Waals surface area contributed by atoms with E-state index in [1.54, 1.807) is 33.4 Å². The van der Waals surface area contributed by atoms with Gasteiger partial charge in [0.2, 0.25) is 10.0 Å². The molecule has 3 N–H and O–H groups in total. The lowest BCUT2D eigenvalue weighted by Gasteiger charge is -2.14. The van der Waals surface area contributed by atoms with Crippen LogP contribution in [0.2, 0.25) is 5.02 Å². The molecule has 8 nitrogen and oxygen atoms in total. The predicted molar refractivity (Wildman–Crippen MR) is 130 cm³/mol. The van der Waals surface area contributed by atoms with E-state index >= 15 is 0 Å². The maximum absolute atomic E-state index is 12.3. The van der Waals surface area contributed by atoms with Crippen LogP contribution in [-0.2, 0) is 16.6 Å². The molecule has 0 saturated heterocycles. The zero-order chi connectivity index (χ0) is 21.3. The van der Waals surface area contributed by atoms with E-state index in [4.69, 9.17) is 21.1 Å². The maximum atomic E-state index is 12.3. The van der Waals surface area contributed by atoms with Crippen LogP contribution in [0.15, 0.2) is 52.4 Å². The van der Waals surface area contributed by atoms with Gasteiger partial charge < -0.3 is 20.1 Å². The number of nitrogens with zero attached hydrogens (tertiary/aromatic N) is 1. The number of hydrogen-bond donors (Lipinski definition) is 3. The molecule has 0 bridgehead atoms. The molecule has 0 fully saturated rings. The molecule has 0 amide bonds. The zero-order valence-corrected chi connectivity index (χ0v) is 20.8. The number of aliphatic imine (C=N–C) groups is 1. The molecule has 0 unspecified atom stereocenters. The standard InChI is InChI=1S/C19H25ClN4O4S.HI/c1-21-19(23-13-14-7-8-17(27-2)18(11-14)28-3)22-9-10-24-29(25,26)16-6-4-5-15(20)12-16;/h4-8,11-12,24H,9-10,13H2,1-3H3,(H2,21,22,23);1H. The quantitative estimate of drug-likeness (QED) is 0.186. The average Bonchev–Trinajstić information content (AvgIpc) is 2.73. The van der Waals surface area contributed by atoms with Crippen LogP contribution in [0.5, 0.6) is 11.5 Å². The van der Waals surface area contributed by atoms with Gasteiger partial charge in [0.1, 0.15) is 0 Å². The van der Waals surface area contributed by atoms with Gasteiger partial charge >= 0.3 is 0 Å². The van der Waals surface area contributed by atoms with Crippen molar-refractivity contribution in [2.75, 3.05) is 34.4 Å². The number of rotatable bonds is 9. The van der Waals surface area contributed by atoms with Crippen LogP contribution in [-0.4, -0.2) is 48.7 Å². The van der Waals surface area contributed by atoms with Gasteiger partial charge in [0.15, 0.2) is 17.5 Å². The minimum atomic E-state index is -3.62. The Balaban J connectivity index is 0.00000450. The van der Waals surface area contributed by atoms with E-state index in [-0.39, 0.29) is 35.4 Å². The van der Waals surface area contributed by atoms with Crippen molar-refractivity contribution >= 4 is 51.6 Å². The minimum absolute atomic E-state index is 0. The van der Waals surface area contributed by atoms with Crippen LogP contribution in [0.3, 0.4) is 0 Å². The van der Waals surface area contributed by atoms with Crippen molar-refractivity contribution in [2.45, 2.75) is 11.4 Å². The van der Waals surface area contributed by atoms with Crippen LogP contribution >= 0.6 is 35.6 Å². The summed E-state index contributed by atoms with van der Waals surface area (Å²) in [5.41, 5.74) is 0.979. The number of nitrogens with one attached hydrogen (secondary N) is 3. The third-order valence-electron chi connectivity index (χ3n) is 3.95. The lowest BCUT2D eigenvalue weighted by molar-refractivity contribution is 0.354. The summed E-state index contributed by atoms with van der Waals surface area (Å²) in [6.07, 6.45) is 0. The Hall–Kier alpha value is -1.76. The topological polar surface area (TPSA) is 101 Å². The zero-order valence-electron chi connectivity index (χ0n) is 16.9. The van der Waals surface area contributed by atoms with Gasteiger partial charge in [0, 0.05) is 31.7 Å². The largest absolute Gasteiger partial charge is 0.493 e. The normalized spacial score (nSPS) is 11.4. The van der Waals surface area contributed by atoms with E-state index in [2.05, 4.69) is 20.3 Å². The third kappa shape index (κ3) is 7.82. The maximum Gasteiger partial charge on any atom is 0.240 e. The monoisotopic (exact) mass is 568 g/mol. The van der Waals surface area contributed by atoms with Gasteiger partial charge in [-0.1, -0.05) is 23.7 Å². The van der Waals surface area contributed by atoms with E-state index < -0.39 is 10.0 Å². The second-order valence-electron chi connectivity index (χ2n) is 5.90. The van der Waals surface area contributed by atoms with E-state index in [0.29, 0.717) is 35.6 Å². The second kappa shape index (κ2) is 12.8. The molecule has 0 spiro atoms. The Morgan fingerprint density at radius 1 is 1.03 bits per heavy atom. The highest BCUT2D eigenvalue weighted by atomic mass is 127. The average molecular weight is 569 g/mol. The van der Waals surface area contributed by atoms with Gasteiger partial charge in [0.05, 0.1) is 19.1 Å². The van der Waals surface area contributed by atoms with Crippen molar-refractivity contribution in [2.24, 2.45) is 4.99 Å². The molecular formula is C19H26ClIN4O4S. The molecule has 11 heteroatoms. The summed E-state index contributed by atoms with van der Waals surface area (Å²) in [4.78, 5) is 4.25. The molecule has 166 valence electrons. The Morgan fingerprint density at radius 3 is 2.40 bits per heavy atom. The molecule has 0 aliphatic carbocycles. The first-order chi connectivity index (χ1) is 13.9. The summed E-state index contributed by atoms with van der Waals surface area (Å²) in [6, 6.07) is 11.7. The summed E-state index contributed by atoms with van der Waals surface area (Å²) in [6.45, 7) is 1.05. The van der Waals surface area contributed by atoms with Crippen molar-refractivity contribution in [3.05, 3.63) is 53.1 Å². The van der Waals surface area contributed by atoms with E-state index in [1.165, 1.54) is 12.1 Å². The van der Waals surface area contributed by atoms with Crippen molar-refractivity contribution in [1.29, 1.82) is 0 Å². The first-order valence-electron chi connectivity index (χ1n) is 8.80. The third-order valence-corrected chi connectivity index (χ3v) is 5.64. The summed E-state index contributed by atoms with van der Waals surface area (Å²) >= 11 is 5.85. The summed E-state index contributed by atoms with van der Waals surface area (Å²) in [5, 5.41) is 6.58. The van der Waals surface area contributed by atoms with Gasteiger partial charge in [-0.3, -0.25) is 4.99 Å². The molecule has 0 saturated carbocycles. The molecular weight excluding hydrogens is 543 g/mol. The fraction of sp³-hybridized carbons (Fsp3) is 0.316. The smallest absolute Gasteiger partial charge is 0.240 e. The van der Waals surface area contributed by atoms with E-state index in [1.807, 2.05) is 18.2 Å². The molecule has 0 aliphatic heterocycles. The van der Waals surface area contributed by atoms with Crippen LogP contribution < -0.4 is 24.8 Å². The van der Waals surface area contributed by atoms with Gasteiger partial charge in [-0.2, -0.15) is 0 Å². The van der Waals surface area contributed by atoms with Crippen molar-refractivity contribution in [3.8, 4) is 11.5 Å². The number of sulfonamides is 1. The lowest BCUT2D eigenvalue weighted by Crippen LogP contribution is -2.41. The predicted octanol–water partition coefficient (Wildman–Crippen LogP) is 2.62. The fourth-order valence-electron chi connectivity index (χ4n) is 2.48. The van der Waals surface area contributed by atoms with Crippen LogP contribution in [0.1, 0.15) is 5.56 Å². The van der Waals surface area contributed by atoms with Crippen molar-refractivity contribution in [3.63, 3.8) is 0 Å². The molecule has 0 aromatic heterocycles. The van der Waals surface area contributed by atoms with Gasteiger partial charge in [-0.25, -0.2) is 13.1 Å². The van der Waals surface area contributed by atoms with Gasteiger partial charge in [-0.15, -0.1) is 24.0 Å². The van der Waals surface area contributed by atoms with E-state index in [9.17, 15) is 8.42 Å². The SMILES string of the molecule is CN=C(NCCNS(=O)(=O)c1cccc(Cl)c1)NCc1ccc(OC)c(OC)c1.I. The lowest BCUT2D eigenvalue weighted by atomic mass is 10.2. The Kier molecular flexibility index (Phi) is 11.2. The van der Waals surface area contributed by atoms with Crippen LogP contribution in [0, 0.1) is 0 Å². The van der Waals surface area contributed by atoms with Crippen LogP contribution in [0.4, 0.5) is 0 Å². The van der Waals surface area contributed by atoms with Gasteiger partial charge in [-0.05, 0) is 35.9 Å². The number of benzene rings is 2. The highest BCUT2D eigenvalue weighted by Gasteiger charge is 2.13. The number of methoxy groups -OCH3 is 2. The van der Waals surface area contributed by atoms with Crippen molar-refractivity contribution < 1.29 is 17.9 Å². The molecule has 0 radical (unpaired) electrons. The summed E-state index contributed by atoms with van der Waals surface area (Å²) in [5.74, 6) is 1.85. The minimum Gasteiger partial charge on any atom is -0.493 e. The molecule has 30 heavy (non-hydrogen) atoms. The number of halogens is 2. The van der Waals surface area contributed by atoms with Crippen LogP contribution in [0.25, 0.3) is 0 Å². The molecule has 2 aromatic rings. The number of hydrogen-bond acceptors (Lipinski definition) is 5. The highest BCUT2D eigenvalue weighted by Crippen LogP contribution is 2.27. The second-order valence-corrected chi connectivity index (χ2v) is 8.10. The molecule has 0 heterocycles. The highest BCUT2D eigenvalue weighted by molar-refractivity contribution is 14.0. The van der Waals surface area contributed by atoms with Gasteiger partial charge in [0.25, 0.3) is 0 Å². The number of ether oxygens (including phenoxy) is 2. The first-order valence-corrected chi connectivity index (χ1v) is 10.7. The van der Waals surface area contributed by atoms with Crippen molar-refractivity contribution in [1.82, 2.24) is 15.4 Å². The Morgan fingerprint density at radius 2 is 1.77 bits per heavy atom. The summed E-state index contributed by atoms with van der Waals surface area (Å²) < 4.78 is 37.6. The Labute approximate surface area is 199 Å². The summed E-state index contributed by atoms with van der Waals surface area (Å²) in [7, 11) is 1.19. The Bertz CT molecular complexity index is 957. The molecule has 2 rings (SSSR count). The molecule has 0 atom stereocenters.